The minimum Gasteiger partial charge on any atom is -0.448 e. The molecule has 2 rings (SSSR count). The Morgan fingerprint density at radius 1 is 1.42 bits per heavy atom. The van der Waals surface area contributed by atoms with Crippen molar-refractivity contribution in [1.82, 2.24) is 9.97 Å². The highest BCUT2D eigenvalue weighted by Crippen LogP contribution is 2.34. The van der Waals surface area contributed by atoms with Gasteiger partial charge in [0.05, 0.1) is 17.6 Å². The van der Waals surface area contributed by atoms with Crippen LogP contribution in [0.15, 0.2) is 23.3 Å². The number of H-pyrrole nitrogens is 1. The molecule has 5 nitrogen and oxygen atoms in total. The van der Waals surface area contributed by atoms with E-state index in [1.54, 1.807) is 6.92 Å². The summed E-state index contributed by atoms with van der Waals surface area (Å²) in [5.74, 6) is 0.142. The fourth-order valence-electron chi connectivity index (χ4n) is 1.43. The first kappa shape index (κ1) is 13.4. The highest BCUT2D eigenvalue weighted by atomic mass is 35.5. The molecule has 0 fully saturated rings. The van der Waals surface area contributed by atoms with Crippen molar-refractivity contribution in [3.63, 3.8) is 0 Å². The minimum absolute atomic E-state index is 0.00977. The van der Waals surface area contributed by atoms with E-state index in [1.165, 1.54) is 18.5 Å². The van der Waals surface area contributed by atoms with Gasteiger partial charge < -0.3 is 9.72 Å². The van der Waals surface area contributed by atoms with Crippen molar-refractivity contribution < 1.29 is 4.74 Å². The summed E-state index contributed by atoms with van der Waals surface area (Å²) < 4.78 is 5.42. The van der Waals surface area contributed by atoms with Gasteiger partial charge in [-0.15, -0.1) is 0 Å². The predicted molar refractivity (Wildman–Crippen MR) is 70.8 cm³/mol. The first-order valence-corrected chi connectivity index (χ1v) is 5.90. The minimum atomic E-state index is -0.443. The zero-order chi connectivity index (χ0) is 14.0. The van der Waals surface area contributed by atoms with E-state index in [-0.39, 0.29) is 27.1 Å². The van der Waals surface area contributed by atoms with E-state index in [0.29, 0.717) is 5.69 Å². The summed E-state index contributed by atoms with van der Waals surface area (Å²) in [5, 5.41) is 9.29. The molecule has 1 aromatic heterocycles. The second-order valence-corrected chi connectivity index (χ2v) is 4.44. The van der Waals surface area contributed by atoms with E-state index in [4.69, 9.17) is 33.2 Å². The van der Waals surface area contributed by atoms with Gasteiger partial charge in [-0.05, 0) is 13.0 Å². The summed E-state index contributed by atoms with van der Waals surface area (Å²) in [7, 11) is 0. The molecule has 0 spiro atoms. The lowest BCUT2D eigenvalue weighted by atomic mass is 10.2. The van der Waals surface area contributed by atoms with Gasteiger partial charge in [0.15, 0.2) is 0 Å². The van der Waals surface area contributed by atoms with Crippen LogP contribution in [0.1, 0.15) is 11.3 Å². The van der Waals surface area contributed by atoms with Crippen LogP contribution in [-0.2, 0) is 0 Å². The number of aromatic amines is 1. The number of nitriles is 1. The Bertz CT molecular complexity index is 735. The van der Waals surface area contributed by atoms with Crippen LogP contribution < -0.4 is 10.3 Å². The molecule has 0 unspecified atom stereocenters. The Morgan fingerprint density at radius 2 is 2.16 bits per heavy atom. The highest BCUT2D eigenvalue weighted by molar-refractivity contribution is 6.35. The Morgan fingerprint density at radius 3 is 2.79 bits per heavy atom. The lowest BCUT2D eigenvalue weighted by molar-refractivity contribution is 0.467. The first-order valence-electron chi connectivity index (χ1n) is 5.14. The normalized spacial score (nSPS) is 10.0. The Balaban J connectivity index is 2.54. The molecule has 1 heterocycles. The number of halogens is 2. The van der Waals surface area contributed by atoms with Crippen LogP contribution in [0.4, 0.5) is 0 Å². The molecule has 2 aromatic rings. The molecular formula is C12H7Cl2N3O2. The zero-order valence-electron chi connectivity index (χ0n) is 9.70. The van der Waals surface area contributed by atoms with Crippen molar-refractivity contribution in [2.45, 2.75) is 6.92 Å². The van der Waals surface area contributed by atoms with Crippen molar-refractivity contribution in [3.8, 4) is 17.6 Å². The van der Waals surface area contributed by atoms with Crippen molar-refractivity contribution in [2.75, 3.05) is 0 Å². The van der Waals surface area contributed by atoms with Crippen molar-refractivity contribution in [1.29, 1.82) is 5.26 Å². The van der Waals surface area contributed by atoms with E-state index >= 15 is 0 Å². The Labute approximate surface area is 118 Å². The van der Waals surface area contributed by atoms with Crippen molar-refractivity contribution in [3.05, 3.63) is 50.1 Å². The number of rotatable bonds is 2. The van der Waals surface area contributed by atoms with Crippen LogP contribution >= 0.6 is 23.2 Å². The van der Waals surface area contributed by atoms with Gasteiger partial charge in [-0.3, -0.25) is 4.79 Å². The standard InChI is InChI=1S/C12H7Cl2N3O2/c1-6-11(12(18)17-5-16-6)19-9-3-8(13)2-7(4-15)10(9)14/h2-3,5H,1H3,(H,16,17,18). The van der Waals surface area contributed by atoms with Crippen LogP contribution in [0.2, 0.25) is 10.0 Å². The lowest BCUT2D eigenvalue weighted by Gasteiger charge is -2.09. The molecule has 96 valence electrons. The number of hydrogen-bond donors (Lipinski definition) is 1. The maximum Gasteiger partial charge on any atom is 0.294 e. The van der Waals surface area contributed by atoms with E-state index in [9.17, 15) is 4.79 Å². The third kappa shape index (κ3) is 2.70. The summed E-state index contributed by atoms with van der Waals surface area (Å²) in [4.78, 5) is 17.9. The van der Waals surface area contributed by atoms with Crippen molar-refractivity contribution in [2.24, 2.45) is 0 Å². The largest absolute Gasteiger partial charge is 0.448 e. The monoisotopic (exact) mass is 295 g/mol. The van der Waals surface area contributed by atoms with Gasteiger partial charge in [-0.25, -0.2) is 4.98 Å². The van der Waals surface area contributed by atoms with Crippen LogP contribution in [-0.4, -0.2) is 9.97 Å². The van der Waals surface area contributed by atoms with Gasteiger partial charge in [0, 0.05) is 11.1 Å². The number of ether oxygens (including phenoxy) is 1. The van der Waals surface area contributed by atoms with E-state index in [2.05, 4.69) is 9.97 Å². The third-order valence-corrected chi connectivity index (χ3v) is 2.93. The number of nitrogens with zero attached hydrogens (tertiary/aromatic N) is 2. The number of hydrogen-bond acceptors (Lipinski definition) is 4. The number of aryl methyl sites for hydroxylation is 1. The third-order valence-electron chi connectivity index (χ3n) is 2.33. The van der Waals surface area contributed by atoms with Crippen LogP contribution in [0, 0.1) is 18.3 Å². The molecule has 0 aliphatic carbocycles. The Hall–Kier alpha value is -2.03. The zero-order valence-corrected chi connectivity index (χ0v) is 11.2. The van der Waals surface area contributed by atoms with Gasteiger partial charge in [-0.2, -0.15) is 5.26 Å². The van der Waals surface area contributed by atoms with Gasteiger partial charge in [0.2, 0.25) is 5.75 Å². The highest BCUT2D eigenvalue weighted by Gasteiger charge is 2.14. The second kappa shape index (κ2) is 5.31. The van der Waals surface area contributed by atoms with Crippen LogP contribution in [0.5, 0.6) is 11.5 Å². The molecule has 1 aromatic carbocycles. The molecule has 0 aliphatic heterocycles. The smallest absolute Gasteiger partial charge is 0.294 e. The summed E-state index contributed by atoms with van der Waals surface area (Å²) in [6.07, 6.45) is 1.27. The van der Waals surface area contributed by atoms with Crippen LogP contribution in [0.25, 0.3) is 0 Å². The molecule has 0 amide bonds. The molecule has 0 saturated carbocycles. The molecule has 0 aliphatic rings. The second-order valence-electron chi connectivity index (χ2n) is 3.63. The van der Waals surface area contributed by atoms with Gasteiger partial charge in [-0.1, -0.05) is 23.2 Å². The molecule has 19 heavy (non-hydrogen) atoms. The van der Waals surface area contributed by atoms with Gasteiger partial charge in [0.1, 0.15) is 16.8 Å². The fraction of sp³-hybridized carbons (Fsp3) is 0.0833. The first-order chi connectivity index (χ1) is 9.02. The van der Waals surface area contributed by atoms with Crippen LogP contribution in [0.3, 0.4) is 0 Å². The van der Waals surface area contributed by atoms with E-state index in [0.717, 1.165) is 0 Å². The summed E-state index contributed by atoms with van der Waals surface area (Å²) in [6, 6.07) is 4.73. The molecular weight excluding hydrogens is 289 g/mol. The molecule has 0 radical (unpaired) electrons. The number of aromatic nitrogens is 2. The molecule has 0 saturated heterocycles. The lowest BCUT2D eigenvalue weighted by Crippen LogP contribution is -2.11. The average molecular weight is 296 g/mol. The number of nitrogens with one attached hydrogen (secondary N) is 1. The fourth-order valence-corrected chi connectivity index (χ4v) is 1.82. The SMILES string of the molecule is Cc1nc[nH]c(=O)c1Oc1cc(Cl)cc(C#N)c1Cl. The topological polar surface area (TPSA) is 78.8 Å². The predicted octanol–water partition coefficient (Wildman–Crippen LogP) is 3.05. The molecule has 0 bridgehead atoms. The maximum atomic E-state index is 11.6. The van der Waals surface area contributed by atoms with E-state index < -0.39 is 5.56 Å². The molecule has 7 heteroatoms. The summed E-state index contributed by atoms with van der Waals surface area (Å²) in [6.45, 7) is 1.62. The van der Waals surface area contributed by atoms with Gasteiger partial charge >= 0.3 is 0 Å². The molecule has 0 atom stereocenters. The Kier molecular flexibility index (Phi) is 3.74. The maximum absolute atomic E-state index is 11.6. The summed E-state index contributed by atoms with van der Waals surface area (Å²) in [5.41, 5.74) is 0.127. The van der Waals surface area contributed by atoms with Gasteiger partial charge in [0.25, 0.3) is 5.56 Å². The van der Waals surface area contributed by atoms with E-state index in [1.807, 2.05) is 6.07 Å². The quantitative estimate of drug-likeness (QED) is 0.923. The van der Waals surface area contributed by atoms with Crippen molar-refractivity contribution >= 4 is 23.2 Å². The molecule has 1 N–H and O–H groups in total. The average Bonchev–Trinajstić information content (AvgIpc) is 2.37. The number of benzene rings is 1. The summed E-state index contributed by atoms with van der Waals surface area (Å²) >= 11 is 11.9.